The molecule has 2 rings (SSSR count). The van der Waals surface area contributed by atoms with Crippen molar-refractivity contribution >= 4 is 5.96 Å². The lowest BCUT2D eigenvalue weighted by molar-refractivity contribution is -0.0453. The van der Waals surface area contributed by atoms with Crippen LogP contribution in [0, 0.1) is 5.92 Å². The van der Waals surface area contributed by atoms with Crippen LogP contribution < -0.4 is 10.6 Å². The van der Waals surface area contributed by atoms with Crippen LogP contribution in [-0.2, 0) is 4.74 Å². The molecule has 19 heavy (non-hydrogen) atoms. The summed E-state index contributed by atoms with van der Waals surface area (Å²) in [7, 11) is 1.81. The average molecular weight is 268 g/mol. The molecule has 2 aliphatic rings. The van der Waals surface area contributed by atoms with Crippen LogP contribution >= 0.6 is 0 Å². The van der Waals surface area contributed by atoms with Gasteiger partial charge in [-0.3, -0.25) is 9.89 Å². The van der Waals surface area contributed by atoms with Gasteiger partial charge in [0.1, 0.15) is 0 Å². The van der Waals surface area contributed by atoms with Gasteiger partial charge in [0.05, 0.1) is 12.7 Å². The first-order valence-corrected chi connectivity index (χ1v) is 7.49. The van der Waals surface area contributed by atoms with E-state index in [0.29, 0.717) is 12.0 Å². The zero-order valence-electron chi connectivity index (χ0n) is 12.5. The fourth-order valence-corrected chi connectivity index (χ4v) is 2.74. The summed E-state index contributed by atoms with van der Waals surface area (Å²) in [6.07, 6.45) is 2.91. The number of aliphatic imine (C=N–C) groups is 1. The zero-order valence-corrected chi connectivity index (χ0v) is 12.5. The summed E-state index contributed by atoms with van der Waals surface area (Å²) in [6, 6.07) is 0.676. The van der Waals surface area contributed by atoms with Crippen LogP contribution in [0.3, 0.4) is 0 Å². The number of fused-ring (bicyclic) bond motifs is 1. The number of rotatable bonds is 4. The van der Waals surface area contributed by atoms with Crippen molar-refractivity contribution in [1.82, 2.24) is 15.5 Å². The van der Waals surface area contributed by atoms with Gasteiger partial charge in [0.15, 0.2) is 5.96 Å². The molecule has 2 saturated heterocycles. The average Bonchev–Trinajstić information content (AvgIpc) is 2.86. The standard InChI is InChI=1S/C14H28N4O/c1-11(2)7-16-14(15-3)17-8-13-9-18-6-4-5-12(18)10-19-13/h11-13H,4-10H2,1-3H3,(H2,15,16,17). The van der Waals surface area contributed by atoms with E-state index < -0.39 is 0 Å². The van der Waals surface area contributed by atoms with Crippen LogP contribution in [0.4, 0.5) is 0 Å². The van der Waals surface area contributed by atoms with Crippen LogP contribution in [0.1, 0.15) is 26.7 Å². The highest BCUT2D eigenvalue weighted by Crippen LogP contribution is 2.22. The Bertz CT molecular complexity index is 306. The maximum atomic E-state index is 5.93. The van der Waals surface area contributed by atoms with Crippen LogP contribution in [0.25, 0.3) is 0 Å². The second-order valence-corrected chi connectivity index (χ2v) is 5.97. The van der Waals surface area contributed by atoms with Crippen molar-refractivity contribution in [2.24, 2.45) is 10.9 Å². The van der Waals surface area contributed by atoms with Gasteiger partial charge in [-0.1, -0.05) is 13.8 Å². The number of nitrogens with one attached hydrogen (secondary N) is 2. The molecule has 2 unspecified atom stereocenters. The number of hydrogen-bond acceptors (Lipinski definition) is 3. The van der Waals surface area contributed by atoms with Crippen molar-refractivity contribution in [2.45, 2.75) is 38.8 Å². The SMILES string of the molecule is CN=C(NCC(C)C)NCC1CN2CCCC2CO1. The number of nitrogens with zero attached hydrogens (tertiary/aromatic N) is 2. The first-order valence-electron chi connectivity index (χ1n) is 7.49. The third-order valence-corrected chi connectivity index (χ3v) is 3.86. The minimum Gasteiger partial charge on any atom is -0.373 e. The van der Waals surface area contributed by atoms with E-state index in [-0.39, 0.29) is 6.10 Å². The molecule has 2 atom stereocenters. The van der Waals surface area contributed by atoms with E-state index in [2.05, 4.69) is 34.4 Å². The fraction of sp³-hybridized carbons (Fsp3) is 0.929. The van der Waals surface area contributed by atoms with Gasteiger partial charge in [-0.15, -0.1) is 0 Å². The molecule has 0 aromatic carbocycles. The molecule has 0 saturated carbocycles. The third-order valence-electron chi connectivity index (χ3n) is 3.86. The second kappa shape index (κ2) is 7.10. The van der Waals surface area contributed by atoms with E-state index in [1.807, 2.05) is 7.05 Å². The van der Waals surface area contributed by atoms with E-state index in [4.69, 9.17) is 4.74 Å². The number of ether oxygens (including phenoxy) is 1. The molecule has 5 heteroatoms. The molecular formula is C14H28N4O. The summed E-state index contributed by atoms with van der Waals surface area (Å²) in [4.78, 5) is 6.81. The van der Waals surface area contributed by atoms with E-state index in [1.54, 1.807) is 0 Å². The second-order valence-electron chi connectivity index (χ2n) is 5.97. The predicted octanol–water partition coefficient (Wildman–Crippen LogP) is 0.671. The lowest BCUT2D eigenvalue weighted by atomic mass is 10.2. The van der Waals surface area contributed by atoms with Gasteiger partial charge in [-0.2, -0.15) is 0 Å². The minimum atomic E-state index is 0.284. The molecule has 0 bridgehead atoms. The molecule has 0 amide bonds. The largest absolute Gasteiger partial charge is 0.373 e. The van der Waals surface area contributed by atoms with Gasteiger partial charge in [-0.25, -0.2) is 0 Å². The summed E-state index contributed by atoms with van der Waals surface area (Å²) in [5, 5.41) is 6.69. The Morgan fingerprint density at radius 3 is 3.00 bits per heavy atom. The Labute approximate surface area is 116 Å². The molecule has 0 aromatic rings. The van der Waals surface area contributed by atoms with Crippen molar-refractivity contribution in [3.63, 3.8) is 0 Å². The van der Waals surface area contributed by atoms with Gasteiger partial charge in [0, 0.05) is 32.7 Å². The Morgan fingerprint density at radius 1 is 1.42 bits per heavy atom. The van der Waals surface area contributed by atoms with Gasteiger partial charge >= 0.3 is 0 Å². The molecule has 2 N–H and O–H groups in total. The smallest absolute Gasteiger partial charge is 0.191 e. The summed E-state index contributed by atoms with van der Waals surface area (Å²) in [6.45, 7) is 9.35. The summed E-state index contributed by atoms with van der Waals surface area (Å²) in [5.74, 6) is 1.50. The highest BCUT2D eigenvalue weighted by atomic mass is 16.5. The summed E-state index contributed by atoms with van der Waals surface area (Å²) < 4.78 is 5.93. The lowest BCUT2D eigenvalue weighted by Gasteiger charge is -2.35. The highest BCUT2D eigenvalue weighted by molar-refractivity contribution is 5.79. The molecule has 2 fully saturated rings. The minimum absolute atomic E-state index is 0.284. The maximum absolute atomic E-state index is 5.93. The van der Waals surface area contributed by atoms with Crippen molar-refractivity contribution in [3.05, 3.63) is 0 Å². The van der Waals surface area contributed by atoms with Gasteiger partial charge in [0.25, 0.3) is 0 Å². The topological polar surface area (TPSA) is 48.9 Å². The van der Waals surface area contributed by atoms with E-state index in [9.17, 15) is 0 Å². The molecule has 0 aromatic heterocycles. The fourth-order valence-electron chi connectivity index (χ4n) is 2.74. The molecule has 5 nitrogen and oxygen atoms in total. The highest BCUT2D eigenvalue weighted by Gasteiger charge is 2.31. The first-order chi connectivity index (χ1) is 9.19. The van der Waals surface area contributed by atoms with E-state index in [1.165, 1.54) is 19.4 Å². The van der Waals surface area contributed by atoms with Crippen molar-refractivity contribution < 1.29 is 4.74 Å². The molecule has 0 aliphatic carbocycles. The molecule has 0 radical (unpaired) electrons. The number of guanidine groups is 1. The van der Waals surface area contributed by atoms with Gasteiger partial charge < -0.3 is 15.4 Å². The monoisotopic (exact) mass is 268 g/mol. The van der Waals surface area contributed by atoms with Crippen LogP contribution in [0.5, 0.6) is 0 Å². The van der Waals surface area contributed by atoms with Crippen LogP contribution in [-0.4, -0.2) is 62.8 Å². The Balaban J connectivity index is 1.69. The van der Waals surface area contributed by atoms with Crippen LogP contribution in [0.2, 0.25) is 0 Å². The Morgan fingerprint density at radius 2 is 2.26 bits per heavy atom. The Hall–Kier alpha value is -0.810. The van der Waals surface area contributed by atoms with E-state index in [0.717, 1.165) is 32.2 Å². The summed E-state index contributed by atoms with van der Waals surface area (Å²) in [5.41, 5.74) is 0. The van der Waals surface area contributed by atoms with Crippen molar-refractivity contribution in [3.8, 4) is 0 Å². The van der Waals surface area contributed by atoms with Crippen LogP contribution in [0.15, 0.2) is 4.99 Å². The molecular weight excluding hydrogens is 240 g/mol. The summed E-state index contributed by atoms with van der Waals surface area (Å²) >= 11 is 0. The lowest BCUT2D eigenvalue weighted by Crippen LogP contribution is -2.51. The predicted molar refractivity (Wildman–Crippen MR) is 78.5 cm³/mol. The number of hydrogen-bond donors (Lipinski definition) is 2. The van der Waals surface area contributed by atoms with Gasteiger partial charge in [-0.05, 0) is 25.3 Å². The Kier molecular flexibility index (Phi) is 5.45. The molecule has 2 aliphatic heterocycles. The first kappa shape index (κ1) is 14.6. The molecule has 110 valence electrons. The number of morpholine rings is 1. The zero-order chi connectivity index (χ0) is 13.7. The molecule has 0 spiro atoms. The van der Waals surface area contributed by atoms with E-state index >= 15 is 0 Å². The van der Waals surface area contributed by atoms with Crippen molar-refractivity contribution in [2.75, 3.05) is 39.8 Å². The van der Waals surface area contributed by atoms with Crippen molar-refractivity contribution in [1.29, 1.82) is 0 Å². The quantitative estimate of drug-likeness (QED) is 0.581. The van der Waals surface area contributed by atoms with Gasteiger partial charge in [0.2, 0.25) is 0 Å². The molecule has 2 heterocycles. The maximum Gasteiger partial charge on any atom is 0.191 e. The third kappa shape index (κ3) is 4.35. The normalized spacial score (nSPS) is 28.5.